The van der Waals surface area contributed by atoms with E-state index in [-0.39, 0.29) is 11.9 Å². The molecule has 1 heterocycles. The predicted molar refractivity (Wildman–Crippen MR) is 103 cm³/mol. The van der Waals surface area contributed by atoms with Crippen LogP contribution < -0.4 is 10.1 Å². The lowest BCUT2D eigenvalue weighted by Crippen LogP contribution is -2.34. The number of hydrogen-bond donors (Lipinski definition) is 1. The number of aromatic nitrogens is 1. The number of fused-ring (bicyclic) bond motifs is 1. The smallest absolute Gasteiger partial charge is 0.252 e. The average molecular weight is 349 g/mol. The standard InChI is InChI=1S/C21H23N3O2/c1-24(2)19(17-9-5-7-11-20(17)26-3)14-23-21(25)16-12-13-22-18-10-6-4-8-15(16)18/h4-13,19H,14H2,1-3H3,(H,23,25). The third-order valence-corrected chi connectivity index (χ3v) is 4.47. The van der Waals surface area contributed by atoms with Crippen molar-refractivity contribution in [2.75, 3.05) is 27.7 Å². The van der Waals surface area contributed by atoms with E-state index in [9.17, 15) is 4.79 Å². The highest BCUT2D eigenvalue weighted by molar-refractivity contribution is 6.05. The summed E-state index contributed by atoms with van der Waals surface area (Å²) in [5, 5.41) is 3.91. The number of amides is 1. The van der Waals surface area contributed by atoms with Gasteiger partial charge in [-0.3, -0.25) is 9.78 Å². The zero-order valence-electron chi connectivity index (χ0n) is 15.3. The number of pyridine rings is 1. The Morgan fingerprint density at radius 2 is 1.85 bits per heavy atom. The van der Waals surface area contributed by atoms with E-state index in [0.29, 0.717) is 12.1 Å². The fourth-order valence-corrected chi connectivity index (χ4v) is 3.09. The van der Waals surface area contributed by atoms with Gasteiger partial charge in [0, 0.05) is 23.7 Å². The fraction of sp³-hybridized carbons (Fsp3) is 0.238. The summed E-state index contributed by atoms with van der Waals surface area (Å²) in [6.07, 6.45) is 1.67. The Labute approximate surface area is 153 Å². The first-order chi connectivity index (χ1) is 12.6. The van der Waals surface area contributed by atoms with Crippen LogP contribution in [-0.2, 0) is 0 Å². The summed E-state index contributed by atoms with van der Waals surface area (Å²) in [6, 6.07) is 17.3. The SMILES string of the molecule is COc1ccccc1C(CNC(=O)c1ccnc2ccccc12)N(C)C. The zero-order valence-corrected chi connectivity index (χ0v) is 15.3. The van der Waals surface area contributed by atoms with E-state index in [0.717, 1.165) is 22.2 Å². The number of ether oxygens (including phenoxy) is 1. The molecule has 134 valence electrons. The van der Waals surface area contributed by atoms with Gasteiger partial charge in [-0.1, -0.05) is 36.4 Å². The lowest BCUT2D eigenvalue weighted by Gasteiger charge is -2.26. The highest BCUT2D eigenvalue weighted by atomic mass is 16.5. The van der Waals surface area contributed by atoms with Crippen LogP contribution >= 0.6 is 0 Å². The van der Waals surface area contributed by atoms with Gasteiger partial charge in [0.25, 0.3) is 5.91 Å². The number of rotatable bonds is 6. The molecule has 3 aromatic rings. The monoisotopic (exact) mass is 349 g/mol. The molecule has 1 atom stereocenters. The van der Waals surface area contributed by atoms with E-state index < -0.39 is 0 Å². The van der Waals surface area contributed by atoms with Crippen LogP contribution in [0.1, 0.15) is 22.0 Å². The third-order valence-electron chi connectivity index (χ3n) is 4.47. The highest BCUT2D eigenvalue weighted by Gasteiger charge is 2.20. The molecule has 26 heavy (non-hydrogen) atoms. The first-order valence-corrected chi connectivity index (χ1v) is 8.53. The summed E-state index contributed by atoms with van der Waals surface area (Å²) in [5.74, 6) is 0.708. The molecule has 3 rings (SSSR count). The Kier molecular flexibility index (Phi) is 5.49. The number of nitrogens with one attached hydrogen (secondary N) is 1. The van der Waals surface area contributed by atoms with Crippen LogP contribution in [0.2, 0.25) is 0 Å². The van der Waals surface area contributed by atoms with Crippen molar-refractivity contribution in [1.29, 1.82) is 0 Å². The lowest BCUT2D eigenvalue weighted by molar-refractivity contribution is 0.0943. The molecular formula is C21H23N3O2. The van der Waals surface area contributed by atoms with E-state index in [2.05, 4.69) is 15.2 Å². The molecule has 5 heteroatoms. The van der Waals surface area contributed by atoms with Gasteiger partial charge in [-0.15, -0.1) is 0 Å². The van der Waals surface area contributed by atoms with Crippen molar-refractivity contribution in [3.05, 3.63) is 71.9 Å². The van der Waals surface area contributed by atoms with Crippen LogP contribution in [0, 0.1) is 0 Å². The maximum atomic E-state index is 12.8. The summed E-state index contributed by atoms with van der Waals surface area (Å²) >= 11 is 0. The summed E-state index contributed by atoms with van der Waals surface area (Å²) in [7, 11) is 5.64. The number of hydrogen-bond acceptors (Lipinski definition) is 4. The molecule has 0 aliphatic heterocycles. The van der Waals surface area contributed by atoms with Gasteiger partial charge in [-0.2, -0.15) is 0 Å². The van der Waals surface area contributed by atoms with E-state index >= 15 is 0 Å². The number of nitrogens with zero attached hydrogens (tertiary/aromatic N) is 2. The topological polar surface area (TPSA) is 54.5 Å². The number of carbonyl (C=O) groups is 1. The molecule has 1 aromatic heterocycles. The molecular weight excluding hydrogens is 326 g/mol. The van der Waals surface area contributed by atoms with Gasteiger partial charge in [0.05, 0.1) is 24.2 Å². The van der Waals surface area contributed by atoms with Gasteiger partial charge in [-0.25, -0.2) is 0 Å². The molecule has 0 saturated carbocycles. The van der Waals surface area contributed by atoms with Crippen molar-refractivity contribution in [3.8, 4) is 5.75 Å². The molecule has 2 aromatic carbocycles. The number of carbonyl (C=O) groups excluding carboxylic acids is 1. The van der Waals surface area contributed by atoms with Gasteiger partial charge in [0.15, 0.2) is 0 Å². The molecule has 1 N–H and O–H groups in total. The maximum absolute atomic E-state index is 12.8. The van der Waals surface area contributed by atoms with Crippen molar-refractivity contribution in [2.45, 2.75) is 6.04 Å². The molecule has 1 amide bonds. The number of methoxy groups -OCH3 is 1. The molecule has 0 aliphatic carbocycles. The first kappa shape index (κ1) is 17.9. The minimum absolute atomic E-state index is 0.00296. The fourth-order valence-electron chi connectivity index (χ4n) is 3.09. The van der Waals surface area contributed by atoms with Crippen LogP contribution in [0.25, 0.3) is 10.9 Å². The minimum Gasteiger partial charge on any atom is -0.496 e. The van der Waals surface area contributed by atoms with E-state index in [1.807, 2.05) is 62.6 Å². The molecule has 5 nitrogen and oxygen atoms in total. The second kappa shape index (κ2) is 7.97. The largest absolute Gasteiger partial charge is 0.496 e. The Balaban J connectivity index is 1.82. The van der Waals surface area contributed by atoms with Crippen LogP contribution in [-0.4, -0.2) is 43.5 Å². The molecule has 0 aliphatic rings. The number of para-hydroxylation sites is 2. The molecule has 0 fully saturated rings. The van der Waals surface area contributed by atoms with E-state index in [1.54, 1.807) is 19.4 Å². The van der Waals surface area contributed by atoms with Crippen LogP contribution in [0.15, 0.2) is 60.8 Å². The highest BCUT2D eigenvalue weighted by Crippen LogP contribution is 2.27. The molecule has 0 radical (unpaired) electrons. The molecule has 0 saturated heterocycles. The van der Waals surface area contributed by atoms with Gasteiger partial charge in [0.1, 0.15) is 5.75 Å². The van der Waals surface area contributed by atoms with Gasteiger partial charge >= 0.3 is 0 Å². The van der Waals surface area contributed by atoms with E-state index in [4.69, 9.17) is 4.74 Å². The quantitative estimate of drug-likeness (QED) is 0.742. The van der Waals surface area contributed by atoms with E-state index in [1.165, 1.54) is 0 Å². The second-order valence-electron chi connectivity index (χ2n) is 6.31. The Bertz CT molecular complexity index is 903. The normalized spacial score (nSPS) is 12.2. The molecule has 0 bridgehead atoms. The Hall–Kier alpha value is -2.92. The summed E-state index contributed by atoms with van der Waals surface area (Å²) in [6.45, 7) is 0.475. The zero-order chi connectivity index (χ0) is 18.5. The van der Waals surface area contributed by atoms with Crippen LogP contribution in [0.5, 0.6) is 5.75 Å². The van der Waals surface area contributed by atoms with Crippen molar-refractivity contribution in [3.63, 3.8) is 0 Å². The van der Waals surface area contributed by atoms with Gasteiger partial charge in [0.2, 0.25) is 0 Å². The summed E-state index contributed by atoms with van der Waals surface area (Å²) < 4.78 is 5.48. The summed E-state index contributed by atoms with van der Waals surface area (Å²) in [5.41, 5.74) is 2.49. The van der Waals surface area contributed by atoms with Crippen LogP contribution in [0.3, 0.4) is 0 Å². The van der Waals surface area contributed by atoms with Crippen LogP contribution in [0.4, 0.5) is 0 Å². The van der Waals surface area contributed by atoms with Gasteiger partial charge in [-0.05, 0) is 32.3 Å². The van der Waals surface area contributed by atoms with Crippen molar-refractivity contribution >= 4 is 16.8 Å². The third kappa shape index (κ3) is 3.68. The number of likely N-dealkylation sites (N-methyl/N-ethyl adjacent to an activating group) is 1. The second-order valence-corrected chi connectivity index (χ2v) is 6.31. The number of benzene rings is 2. The Morgan fingerprint density at radius 1 is 1.12 bits per heavy atom. The predicted octanol–water partition coefficient (Wildman–Crippen LogP) is 3.28. The summed E-state index contributed by atoms with van der Waals surface area (Å²) in [4.78, 5) is 19.2. The molecule has 1 unspecified atom stereocenters. The van der Waals surface area contributed by atoms with Crippen molar-refractivity contribution in [2.24, 2.45) is 0 Å². The van der Waals surface area contributed by atoms with Gasteiger partial charge < -0.3 is 15.0 Å². The molecule has 0 spiro atoms. The maximum Gasteiger partial charge on any atom is 0.252 e. The Morgan fingerprint density at radius 3 is 2.62 bits per heavy atom. The average Bonchev–Trinajstić information content (AvgIpc) is 2.67. The minimum atomic E-state index is -0.106. The van der Waals surface area contributed by atoms with Crippen molar-refractivity contribution in [1.82, 2.24) is 15.2 Å². The lowest BCUT2D eigenvalue weighted by atomic mass is 10.0. The first-order valence-electron chi connectivity index (χ1n) is 8.53. The van der Waals surface area contributed by atoms with Crippen molar-refractivity contribution < 1.29 is 9.53 Å².